The minimum atomic E-state index is -4.49. The molecule has 0 bridgehead atoms. The van der Waals surface area contributed by atoms with Gasteiger partial charge in [0.2, 0.25) is 0 Å². The summed E-state index contributed by atoms with van der Waals surface area (Å²) >= 11 is 0. The maximum absolute atomic E-state index is 13.5. The molecular formula is C21H29F3N6O. The molecule has 5 rings (SSSR count). The van der Waals surface area contributed by atoms with E-state index in [1.165, 1.54) is 18.5 Å². The molecule has 2 aromatic heterocycles. The van der Waals surface area contributed by atoms with Crippen molar-refractivity contribution in [2.24, 2.45) is 11.3 Å². The summed E-state index contributed by atoms with van der Waals surface area (Å²) in [7, 11) is 2.09. The van der Waals surface area contributed by atoms with Crippen molar-refractivity contribution in [2.45, 2.75) is 50.5 Å². The van der Waals surface area contributed by atoms with E-state index in [4.69, 9.17) is 0 Å². The normalized spacial score (nSPS) is 29.4. The van der Waals surface area contributed by atoms with Crippen molar-refractivity contribution in [3.63, 3.8) is 0 Å². The van der Waals surface area contributed by atoms with Crippen molar-refractivity contribution < 1.29 is 13.2 Å². The number of alkyl halides is 3. The number of nitrogens with zero attached hydrogens (tertiary/aromatic N) is 3. The molecule has 0 aromatic carbocycles. The molecule has 0 amide bonds. The van der Waals surface area contributed by atoms with Gasteiger partial charge in [0.15, 0.2) is 0 Å². The summed E-state index contributed by atoms with van der Waals surface area (Å²) in [6.45, 7) is 2.69. The lowest BCUT2D eigenvalue weighted by Gasteiger charge is -2.52. The highest BCUT2D eigenvalue weighted by Gasteiger charge is 2.48. The van der Waals surface area contributed by atoms with Gasteiger partial charge in [-0.1, -0.05) is 6.42 Å². The minimum Gasteiger partial charge on any atom is -0.316 e. The van der Waals surface area contributed by atoms with Crippen LogP contribution in [0.3, 0.4) is 0 Å². The van der Waals surface area contributed by atoms with Gasteiger partial charge >= 0.3 is 11.9 Å². The second kappa shape index (κ2) is 7.61. The summed E-state index contributed by atoms with van der Waals surface area (Å²) in [5, 5.41) is 3.44. The molecule has 170 valence electrons. The Bertz CT molecular complexity index is 1010. The van der Waals surface area contributed by atoms with Crippen molar-refractivity contribution in [1.29, 1.82) is 0 Å². The third-order valence-corrected chi connectivity index (χ3v) is 7.62. The van der Waals surface area contributed by atoms with Crippen LogP contribution in [0.1, 0.15) is 43.7 Å². The molecule has 3 atom stereocenters. The van der Waals surface area contributed by atoms with Gasteiger partial charge in [0.25, 0.3) is 0 Å². The highest BCUT2D eigenvalue weighted by molar-refractivity contribution is 5.55. The monoisotopic (exact) mass is 438 g/mol. The third kappa shape index (κ3) is 3.59. The molecular weight excluding hydrogens is 409 g/mol. The van der Waals surface area contributed by atoms with E-state index >= 15 is 0 Å². The summed E-state index contributed by atoms with van der Waals surface area (Å²) in [5.41, 5.74) is 5.47. The second-order valence-corrected chi connectivity index (χ2v) is 9.43. The van der Waals surface area contributed by atoms with Gasteiger partial charge in [-0.05, 0) is 50.8 Å². The molecule has 3 unspecified atom stereocenters. The van der Waals surface area contributed by atoms with Crippen molar-refractivity contribution in [2.75, 3.05) is 26.8 Å². The lowest BCUT2D eigenvalue weighted by Crippen LogP contribution is -2.61. The molecule has 3 fully saturated rings. The largest absolute Gasteiger partial charge is 0.418 e. The maximum Gasteiger partial charge on any atom is 0.418 e. The Morgan fingerprint density at radius 1 is 1.26 bits per heavy atom. The molecule has 0 radical (unpaired) electrons. The quantitative estimate of drug-likeness (QED) is 0.683. The maximum atomic E-state index is 13.5. The molecule has 10 heteroatoms. The highest BCUT2D eigenvalue weighted by Crippen LogP contribution is 2.47. The van der Waals surface area contributed by atoms with Crippen molar-refractivity contribution in [3.05, 3.63) is 40.6 Å². The molecule has 2 saturated heterocycles. The van der Waals surface area contributed by atoms with Crippen LogP contribution in [0.5, 0.6) is 0 Å². The van der Waals surface area contributed by atoms with Gasteiger partial charge in [-0.25, -0.2) is 15.6 Å². The first-order chi connectivity index (χ1) is 14.8. The van der Waals surface area contributed by atoms with E-state index in [2.05, 4.69) is 28.1 Å². The van der Waals surface area contributed by atoms with Gasteiger partial charge in [0.1, 0.15) is 0 Å². The molecule has 7 nitrogen and oxygen atoms in total. The van der Waals surface area contributed by atoms with E-state index in [0.29, 0.717) is 5.92 Å². The number of halogens is 3. The smallest absolute Gasteiger partial charge is 0.316 e. The van der Waals surface area contributed by atoms with Gasteiger partial charge in [0.05, 0.1) is 23.9 Å². The van der Waals surface area contributed by atoms with Crippen LogP contribution in [0.4, 0.5) is 13.2 Å². The second-order valence-electron chi connectivity index (χ2n) is 9.43. The summed E-state index contributed by atoms with van der Waals surface area (Å²) in [6, 6.07) is 2.26. The van der Waals surface area contributed by atoms with Crippen LogP contribution in [-0.4, -0.2) is 46.8 Å². The number of rotatable bonds is 4. The fraction of sp³-hybridized carbons (Fsp3) is 0.667. The number of aromatic nitrogens is 2. The Labute approximate surface area is 178 Å². The van der Waals surface area contributed by atoms with Gasteiger partial charge < -0.3 is 5.32 Å². The first kappa shape index (κ1) is 21.0. The van der Waals surface area contributed by atoms with Crippen LogP contribution in [0.25, 0.3) is 5.52 Å². The first-order valence-corrected chi connectivity index (χ1v) is 11.0. The number of hydrogen-bond acceptors (Lipinski definition) is 5. The molecule has 1 saturated carbocycles. The van der Waals surface area contributed by atoms with E-state index in [1.54, 1.807) is 4.57 Å². The zero-order valence-corrected chi connectivity index (χ0v) is 17.6. The topological polar surface area (TPSA) is 65.7 Å². The van der Waals surface area contributed by atoms with E-state index in [-0.39, 0.29) is 28.8 Å². The van der Waals surface area contributed by atoms with Crippen LogP contribution in [0, 0.1) is 11.3 Å². The van der Waals surface area contributed by atoms with E-state index in [1.807, 2.05) is 0 Å². The fourth-order valence-corrected chi connectivity index (χ4v) is 5.75. The van der Waals surface area contributed by atoms with Crippen LogP contribution < -0.4 is 21.9 Å². The SMILES string of the molecule is CN1CNNC1CC1(C2CCCC(n3cc4c(C(F)(F)F)cccn4c3=O)C2)CNC1. The Morgan fingerprint density at radius 3 is 2.71 bits per heavy atom. The average Bonchev–Trinajstić information content (AvgIpc) is 3.27. The van der Waals surface area contributed by atoms with Crippen LogP contribution in [-0.2, 0) is 6.18 Å². The zero-order valence-electron chi connectivity index (χ0n) is 17.6. The van der Waals surface area contributed by atoms with Crippen LogP contribution >= 0.6 is 0 Å². The predicted molar refractivity (Wildman–Crippen MR) is 110 cm³/mol. The molecule has 2 aromatic rings. The zero-order chi connectivity index (χ0) is 21.8. The highest BCUT2D eigenvalue weighted by atomic mass is 19.4. The molecule has 0 spiro atoms. The number of pyridine rings is 1. The summed E-state index contributed by atoms with van der Waals surface area (Å²) in [4.78, 5) is 15.2. The standard InChI is InChI=1S/C21H29F3N6O/c1-28-13-26-27-18(28)9-20(11-25-12-20)14-4-2-5-15(8-14)30-10-17-16(21(22,23)24)6-3-7-29(17)19(30)31/h3,6-7,10,14-15,18,25-27H,2,4-5,8-9,11-13H2,1H3. The summed E-state index contributed by atoms with van der Waals surface area (Å²) in [6.07, 6.45) is 3.34. The molecule has 2 aliphatic heterocycles. The van der Waals surface area contributed by atoms with Gasteiger partial charge in [-0.3, -0.25) is 13.9 Å². The van der Waals surface area contributed by atoms with Crippen molar-refractivity contribution >= 4 is 5.52 Å². The van der Waals surface area contributed by atoms with Crippen molar-refractivity contribution in [3.8, 4) is 0 Å². The fourth-order valence-electron chi connectivity index (χ4n) is 5.75. The number of imidazole rings is 1. The summed E-state index contributed by atoms with van der Waals surface area (Å²) in [5.74, 6) is 0.431. The lowest BCUT2D eigenvalue weighted by atomic mass is 9.62. The van der Waals surface area contributed by atoms with Crippen molar-refractivity contribution in [1.82, 2.24) is 30.0 Å². The van der Waals surface area contributed by atoms with Gasteiger partial charge in [0, 0.05) is 36.9 Å². The minimum absolute atomic E-state index is 0.0648. The predicted octanol–water partition coefficient (Wildman–Crippen LogP) is 2.15. The lowest BCUT2D eigenvalue weighted by molar-refractivity contribution is -0.136. The van der Waals surface area contributed by atoms with Gasteiger partial charge in [-0.2, -0.15) is 13.2 Å². The first-order valence-electron chi connectivity index (χ1n) is 11.0. The number of fused-ring (bicyclic) bond motifs is 1. The van der Waals surface area contributed by atoms with E-state index in [0.717, 1.165) is 62.3 Å². The molecule has 1 aliphatic carbocycles. The molecule has 3 aliphatic rings. The van der Waals surface area contributed by atoms with Crippen LogP contribution in [0.15, 0.2) is 29.3 Å². The third-order valence-electron chi connectivity index (χ3n) is 7.62. The van der Waals surface area contributed by atoms with Crippen LogP contribution in [0.2, 0.25) is 0 Å². The Balaban J connectivity index is 1.42. The summed E-state index contributed by atoms with van der Waals surface area (Å²) < 4.78 is 43.0. The van der Waals surface area contributed by atoms with E-state index in [9.17, 15) is 18.0 Å². The molecule has 3 N–H and O–H groups in total. The number of hydrogen-bond donors (Lipinski definition) is 3. The Kier molecular flexibility index (Phi) is 5.16. The van der Waals surface area contributed by atoms with Gasteiger partial charge in [-0.15, -0.1) is 0 Å². The molecule has 31 heavy (non-hydrogen) atoms. The Morgan fingerprint density at radius 2 is 2.06 bits per heavy atom. The molecule has 4 heterocycles. The number of hydrazine groups is 1. The average molecular weight is 438 g/mol. The van der Waals surface area contributed by atoms with E-state index < -0.39 is 11.7 Å². The Hall–Kier alpha value is -1.88. The number of nitrogens with one attached hydrogen (secondary N) is 3.